The van der Waals surface area contributed by atoms with Gasteiger partial charge in [0.25, 0.3) is 5.69 Å². The molecule has 0 saturated heterocycles. The summed E-state index contributed by atoms with van der Waals surface area (Å²) in [6, 6.07) is 11.8. The third-order valence-corrected chi connectivity index (χ3v) is 3.87. The third kappa shape index (κ3) is 3.26. The molecule has 0 fully saturated rings. The van der Waals surface area contributed by atoms with Crippen LogP contribution in [0.2, 0.25) is 0 Å². The molecule has 0 atom stereocenters. The van der Waals surface area contributed by atoms with E-state index >= 15 is 0 Å². The molecule has 6 nitrogen and oxygen atoms in total. The summed E-state index contributed by atoms with van der Waals surface area (Å²) in [5.74, 6) is 1.26. The van der Waals surface area contributed by atoms with Gasteiger partial charge in [0.15, 0.2) is 0 Å². The number of nitro benzene ring substituents is 1. The van der Waals surface area contributed by atoms with Crippen LogP contribution in [0.25, 0.3) is 0 Å². The second-order valence-corrected chi connectivity index (χ2v) is 5.37. The lowest BCUT2D eigenvalue weighted by Gasteiger charge is -2.10. The average Bonchev–Trinajstić information content (AvgIpc) is 2.72. The molecule has 0 aromatic heterocycles. The number of benzene rings is 2. The molecule has 0 spiro atoms. The van der Waals surface area contributed by atoms with E-state index in [1.807, 2.05) is 18.2 Å². The van der Waals surface area contributed by atoms with Gasteiger partial charge >= 0.3 is 0 Å². The fraction of sp³-hybridized carbons (Fsp3) is 0.143. The molecule has 0 amide bonds. The Balaban J connectivity index is 1.78. The Morgan fingerprint density at radius 2 is 1.86 bits per heavy atom. The molecule has 0 aliphatic carbocycles. The Labute approximate surface area is 125 Å². The summed E-state index contributed by atoms with van der Waals surface area (Å²) in [6.07, 6.45) is 0. The molecular weight excluding hydrogens is 290 g/mol. The summed E-state index contributed by atoms with van der Waals surface area (Å²) in [5, 5.41) is 13.9. The van der Waals surface area contributed by atoms with E-state index in [0.717, 1.165) is 23.7 Å². The minimum Gasteiger partial charge on any atom is -0.457 e. The number of hydrogen-bond acceptors (Lipinski definition) is 6. The van der Waals surface area contributed by atoms with E-state index in [1.165, 1.54) is 12.1 Å². The Bertz CT molecular complexity index is 661. The topological polar surface area (TPSA) is 76.4 Å². The lowest BCUT2D eigenvalue weighted by Crippen LogP contribution is -2.12. The minimum absolute atomic E-state index is 0.0493. The SMILES string of the molecule is O=[N+]([O-])c1ccc(Oc2ccc3c(c2)SNCCN3)cc1. The molecule has 2 aromatic rings. The van der Waals surface area contributed by atoms with Crippen molar-refractivity contribution in [1.29, 1.82) is 0 Å². The number of anilines is 1. The van der Waals surface area contributed by atoms with Crippen LogP contribution < -0.4 is 14.8 Å². The number of ether oxygens (including phenoxy) is 1. The van der Waals surface area contributed by atoms with E-state index in [-0.39, 0.29) is 5.69 Å². The number of nitrogens with one attached hydrogen (secondary N) is 2. The quantitative estimate of drug-likeness (QED) is 0.514. The zero-order chi connectivity index (χ0) is 14.7. The van der Waals surface area contributed by atoms with Crippen LogP contribution in [0, 0.1) is 10.1 Å². The standard InChI is InChI=1S/C14H13N3O3S/c18-17(19)10-1-3-11(4-2-10)20-12-5-6-13-14(9-12)21-16-8-7-15-13/h1-6,9,15-16H,7-8H2. The second kappa shape index (κ2) is 6.02. The van der Waals surface area contributed by atoms with Gasteiger partial charge < -0.3 is 10.1 Å². The van der Waals surface area contributed by atoms with Gasteiger partial charge in [-0.25, -0.2) is 0 Å². The first-order chi connectivity index (χ1) is 10.2. The van der Waals surface area contributed by atoms with Crippen LogP contribution in [-0.2, 0) is 0 Å². The van der Waals surface area contributed by atoms with Crippen molar-refractivity contribution >= 4 is 23.3 Å². The summed E-state index contributed by atoms with van der Waals surface area (Å²) in [7, 11) is 0. The van der Waals surface area contributed by atoms with Crippen molar-refractivity contribution in [3.8, 4) is 11.5 Å². The number of fused-ring (bicyclic) bond motifs is 1. The molecule has 1 aliphatic rings. The van der Waals surface area contributed by atoms with Crippen LogP contribution in [0.5, 0.6) is 11.5 Å². The number of nitrogens with zero attached hydrogens (tertiary/aromatic N) is 1. The first kappa shape index (κ1) is 13.7. The highest BCUT2D eigenvalue weighted by atomic mass is 32.2. The molecule has 1 heterocycles. The number of non-ortho nitro benzene ring substituents is 1. The van der Waals surface area contributed by atoms with Gasteiger partial charge in [-0.05, 0) is 42.3 Å². The van der Waals surface area contributed by atoms with Crippen LogP contribution in [0.3, 0.4) is 0 Å². The van der Waals surface area contributed by atoms with Gasteiger partial charge in [-0.2, -0.15) is 0 Å². The minimum atomic E-state index is -0.430. The molecule has 2 aromatic carbocycles. The van der Waals surface area contributed by atoms with Crippen molar-refractivity contribution in [2.45, 2.75) is 4.90 Å². The molecule has 108 valence electrons. The maximum atomic E-state index is 10.6. The van der Waals surface area contributed by atoms with Crippen LogP contribution in [0.4, 0.5) is 11.4 Å². The first-order valence-corrected chi connectivity index (χ1v) is 7.24. The molecule has 2 N–H and O–H groups in total. The maximum absolute atomic E-state index is 10.6. The zero-order valence-corrected chi connectivity index (χ0v) is 11.9. The summed E-state index contributed by atoms with van der Waals surface area (Å²) >= 11 is 1.56. The van der Waals surface area contributed by atoms with Crippen LogP contribution >= 0.6 is 11.9 Å². The largest absolute Gasteiger partial charge is 0.457 e. The van der Waals surface area contributed by atoms with Gasteiger partial charge in [-0.3, -0.25) is 14.8 Å². The highest BCUT2D eigenvalue weighted by Crippen LogP contribution is 2.33. The van der Waals surface area contributed by atoms with Crippen molar-refractivity contribution in [3.63, 3.8) is 0 Å². The summed E-state index contributed by atoms with van der Waals surface area (Å²) in [4.78, 5) is 11.2. The van der Waals surface area contributed by atoms with Crippen molar-refractivity contribution in [3.05, 3.63) is 52.6 Å². The maximum Gasteiger partial charge on any atom is 0.269 e. The summed E-state index contributed by atoms with van der Waals surface area (Å²) in [6.45, 7) is 1.76. The van der Waals surface area contributed by atoms with Gasteiger partial charge in [0, 0.05) is 35.8 Å². The van der Waals surface area contributed by atoms with Gasteiger partial charge in [0.2, 0.25) is 0 Å². The van der Waals surface area contributed by atoms with Crippen LogP contribution in [-0.4, -0.2) is 18.0 Å². The van der Waals surface area contributed by atoms with Gasteiger partial charge in [-0.1, -0.05) is 0 Å². The molecule has 3 rings (SSSR count). The summed E-state index contributed by atoms with van der Waals surface area (Å²) in [5.41, 5.74) is 1.12. The smallest absolute Gasteiger partial charge is 0.269 e. The van der Waals surface area contributed by atoms with Crippen molar-refractivity contribution in [2.24, 2.45) is 0 Å². The number of hydrogen-bond donors (Lipinski definition) is 2. The molecule has 0 unspecified atom stereocenters. The van der Waals surface area contributed by atoms with Crippen molar-refractivity contribution < 1.29 is 9.66 Å². The van der Waals surface area contributed by atoms with Gasteiger partial charge in [0.05, 0.1) is 4.92 Å². The van der Waals surface area contributed by atoms with E-state index in [0.29, 0.717) is 11.5 Å². The molecule has 0 bridgehead atoms. The Hall–Kier alpha value is -2.25. The average molecular weight is 303 g/mol. The number of nitro groups is 1. The van der Waals surface area contributed by atoms with E-state index in [1.54, 1.807) is 24.1 Å². The molecule has 0 saturated carbocycles. The normalized spacial score (nSPS) is 13.7. The van der Waals surface area contributed by atoms with Crippen molar-refractivity contribution in [1.82, 2.24) is 4.72 Å². The fourth-order valence-electron chi connectivity index (χ4n) is 1.95. The predicted molar refractivity (Wildman–Crippen MR) is 82.0 cm³/mol. The highest BCUT2D eigenvalue weighted by molar-refractivity contribution is 7.97. The predicted octanol–water partition coefficient (Wildman–Crippen LogP) is 3.41. The lowest BCUT2D eigenvalue weighted by atomic mass is 10.3. The fourth-order valence-corrected chi connectivity index (χ4v) is 2.73. The van der Waals surface area contributed by atoms with E-state index in [9.17, 15) is 10.1 Å². The van der Waals surface area contributed by atoms with Gasteiger partial charge in [-0.15, -0.1) is 0 Å². The molecule has 0 radical (unpaired) electrons. The molecule has 21 heavy (non-hydrogen) atoms. The van der Waals surface area contributed by atoms with E-state index < -0.39 is 4.92 Å². The highest BCUT2D eigenvalue weighted by Gasteiger charge is 2.10. The zero-order valence-electron chi connectivity index (χ0n) is 11.0. The molecule has 7 heteroatoms. The van der Waals surface area contributed by atoms with Gasteiger partial charge in [0.1, 0.15) is 11.5 Å². The van der Waals surface area contributed by atoms with Crippen molar-refractivity contribution in [2.75, 3.05) is 18.4 Å². The lowest BCUT2D eigenvalue weighted by molar-refractivity contribution is -0.384. The summed E-state index contributed by atoms with van der Waals surface area (Å²) < 4.78 is 8.97. The Kier molecular flexibility index (Phi) is 3.94. The Morgan fingerprint density at radius 3 is 2.62 bits per heavy atom. The Morgan fingerprint density at radius 1 is 1.10 bits per heavy atom. The first-order valence-electron chi connectivity index (χ1n) is 6.42. The number of rotatable bonds is 3. The second-order valence-electron chi connectivity index (χ2n) is 4.43. The third-order valence-electron chi connectivity index (χ3n) is 2.96. The monoisotopic (exact) mass is 303 g/mol. The van der Waals surface area contributed by atoms with E-state index in [4.69, 9.17) is 4.74 Å². The molecule has 1 aliphatic heterocycles. The molecular formula is C14H13N3O3S. The van der Waals surface area contributed by atoms with Crippen LogP contribution in [0.1, 0.15) is 0 Å². The van der Waals surface area contributed by atoms with Crippen LogP contribution in [0.15, 0.2) is 47.4 Å². The van der Waals surface area contributed by atoms with E-state index in [2.05, 4.69) is 10.0 Å².